The van der Waals surface area contributed by atoms with E-state index in [2.05, 4.69) is 0 Å². The minimum absolute atomic E-state index is 0.106. The van der Waals surface area contributed by atoms with Crippen molar-refractivity contribution in [1.82, 2.24) is 4.57 Å². The Hall–Kier alpha value is -1.96. The van der Waals surface area contributed by atoms with E-state index >= 15 is 0 Å². The lowest BCUT2D eigenvalue weighted by Crippen LogP contribution is -2.69. The standard InChI is InChI=1S/C12H6F13NO/c1-5(27)26-4-2-3-6(26)7(13,14)8(15,16)9(17,18)10(19,20)11(21,22)12(23,24)25/h2-4H,1H3. The van der Waals surface area contributed by atoms with E-state index in [0.29, 0.717) is 19.2 Å². The molecule has 15 heteroatoms. The van der Waals surface area contributed by atoms with Gasteiger partial charge in [-0.15, -0.1) is 0 Å². The number of nitrogens with zero attached hydrogens (tertiary/aromatic N) is 1. The molecule has 0 N–H and O–H groups in total. The van der Waals surface area contributed by atoms with Gasteiger partial charge in [-0.2, -0.15) is 57.1 Å². The summed E-state index contributed by atoms with van der Waals surface area (Å²) in [7, 11) is 0. The van der Waals surface area contributed by atoms with Gasteiger partial charge in [-0.3, -0.25) is 9.36 Å². The molecule has 0 aliphatic heterocycles. The van der Waals surface area contributed by atoms with Gasteiger partial charge in [0.2, 0.25) is 5.91 Å². The molecule has 0 atom stereocenters. The summed E-state index contributed by atoms with van der Waals surface area (Å²) in [5.74, 6) is -39.1. The number of halogens is 13. The summed E-state index contributed by atoms with van der Waals surface area (Å²) in [6.07, 6.45) is -7.15. The normalized spacial score (nSPS) is 15.2. The van der Waals surface area contributed by atoms with Crippen LogP contribution >= 0.6 is 0 Å². The smallest absolute Gasteiger partial charge is 0.286 e. The number of aromatic nitrogens is 1. The summed E-state index contributed by atoms with van der Waals surface area (Å²) in [5, 5.41) is 0. The molecule has 1 rings (SSSR count). The van der Waals surface area contributed by atoms with Gasteiger partial charge in [0, 0.05) is 13.1 Å². The van der Waals surface area contributed by atoms with Crippen LogP contribution in [-0.4, -0.2) is 40.3 Å². The summed E-state index contributed by atoms with van der Waals surface area (Å²) < 4.78 is 169. The molecule has 0 aliphatic carbocycles. The van der Waals surface area contributed by atoms with Gasteiger partial charge in [0.05, 0.1) is 0 Å². The molecule has 0 saturated heterocycles. The van der Waals surface area contributed by atoms with Crippen LogP contribution in [0.3, 0.4) is 0 Å². The van der Waals surface area contributed by atoms with E-state index in [0.717, 1.165) is 0 Å². The van der Waals surface area contributed by atoms with Crippen molar-refractivity contribution in [2.45, 2.75) is 42.7 Å². The van der Waals surface area contributed by atoms with E-state index in [1.165, 1.54) is 0 Å². The molecule has 0 fully saturated rings. The second-order valence-electron chi connectivity index (χ2n) is 5.15. The average molecular weight is 427 g/mol. The van der Waals surface area contributed by atoms with Crippen LogP contribution in [0.5, 0.6) is 0 Å². The first-order chi connectivity index (χ1) is 11.7. The molecule has 0 saturated carbocycles. The molecule has 0 amide bonds. The number of hydrogen-bond donors (Lipinski definition) is 0. The second-order valence-corrected chi connectivity index (χ2v) is 5.15. The van der Waals surface area contributed by atoms with Crippen LogP contribution in [0.1, 0.15) is 17.4 Å². The summed E-state index contributed by atoms with van der Waals surface area (Å²) >= 11 is 0. The van der Waals surface area contributed by atoms with Crippen molar-refractivity contribution in [1.29, 1.82) is 0 Å². The Labute approximate surface area is 140 Å². The Morgan fingerprint density at radius 1 is 0.741 bits per heavy atom. The van der Waals surface area contributed by atoms with Crippen molar-refractivity contribution in [3.05, 3.63) is 24.0 Å². The van der Waals surface area contributed by atoms with Gasteiger partial charge in [0.1, 0.15) is 5.69 Å². The van der Waals surface area contributed by atoms with Gasteiger partial charge in [-0.1, -0.05) is 0 Å². The number of carbonyl (C=O) groups is 1. The Kier molecular flexibility index (Phi) is 5.15. The van der Waals surface area contributed by atoms with Crippen LogP contribution in [0.15, 0.2) is 18.3 Å². The van der Waals surface area contributed by atoms with Crippen molar-refractivity contribution >= 4 is 5.91 Å². The fourth-order valence-corrected chi connectivity index (χ4v) is 1.84. The first-order valence-electron chi connectivity index (χ1n) is 6.32. The SMILES string of the molecule is CC(=O)n1cccc1C(F)(F)C(F)(F)C(F)(F)C(F)(F)C(F)(F)C(F)(F)F. The van der Waals surface area contributed by atoms with Gasteiger partial charge in [0.15, 0.2) is 0 Å². The Morgan fingerprint density at radius 2 is 1.15 bits per heavy atom. The predicted octanol–water partition coefficient (Wildman–Crippen LogP) is 5.34. The first kappa shape index (κ1) is 23.1. The minimum atomic E-state index is -7.97. The highest BCUT2D eigenvalue weighted by atomic mass is 19.4. The maximum atomic E-state index is 13.8. The lowest BCUT2D eigenvalue weighted by atomic mass is 9.92. The van der Waals surface area contributed by atoms with Crippen LogP contribution in [0.4, 0.5) is 57.1 Å². The van der Waals surface area contributed by atoms with E-state index < -0.39 is 52.0 Å². The third kappa shape index (κ3) is 2.94. The number of carbonyl (C=O) groups excluding carboxylic acids is 1. The molecule has 1 aromatic heterocycles. The zero-order valence-electron chi connectivity index (χ0n) is 12.5. The zero-order valence-corrected chi connectivity index (χ0v) is 12.5. The van der Waals surface area contributed by atoms with Crippen molar-refractivity contribution < 1.29 is 61.9 Å². The fraction of sp³-hybridized carbons (Fsp3) is 0.583. The number of hydrogen-bond acceptors (Lipinski definition) is 1. The van der Waals surface area contributed by atoms with Gasteiger partial charge in [0.25, 0.3) is 0 Å². The van der Waals surface area contributed by atoms with Crippen LogP contribution in [0, 0.1) is 0 Å². The molecule has 0 radical (unpaired) electrons. The van der Waals surface area contributed by atoms with Crippen molar-refractivity contribution in [2.24, 2.45) is 0 Å². The van der Waals surface area contributed by atoms with E-state index in [9.17, 15) is 61.9 Å². The fourth-order valence-electron chi connectivity index (χ4n) is 1.84. The monoisotopic (exact) mass is 427 g/mol. The van der Waals surface area contributed by atoms with E-state index in [-0.39, 0.29) is 6.07 Å². The Balaban J connectivity index is 3.64. The first-order valence-corrected chi connectivity index (χ1v) is 6.32. The summed E-state index contributed by atoms with van der Waals surface area (Å²) in [6, 6.07) is 0.312. The van der Waals surface area contributed by atoms with E-state index in [4.69, 9.17) is 0 Å². The van der Waals surface area contributed by atoms with Crippen LogP contribution in [0.2, 0.25) is 0 Å². The van der Waals surface area contributed by atoms with Gasteiger partial charge < -0.3 is 0 Å². The quantitative estimate of drug-likeness (QED) is 0.582. The van der Waals surface area contributed by atoms with Crippen LogP contribution < -0.4 is 0 Å². The molecule has 0 bridgehead atoms. The molecule has 2 nitrogen and oxygen atoms in total. The van der Waals surface area contributed by atoms with Crippen LogP contribution in [0.25, 0.3) is 0 Å². The van der Waals surface area contributed by atoms with Crippen LogP contribution in [-0.2, 0) is 5.92 Å². The maximum Gasteiger partial charge on any atom is 0.460 e. The Morgan fingerprint density at radius 3 is 1.52 bits per heavy atom. The van der Waals surface area contributed by atoms with E-state index in [1.54, 1.807) is 0 Å². The molecule has 0 aliphatic rings. The van der Waals surface area contributed by atoms with E-state index in [1.807, 2.05) is 0 Å². The summed E-state index contributed by atoms with van der Waals surface area (Å²) in [4.78, 5) is 11.0. The molecular weight excluding hydrogens is 421 g/mol. The van der Waals surface area contributed by atoms with Crippen molar-refractivity contribution in [3.63, 3.8) is 0 Å². The highest BCUT2D eigenvalue weighted by molar-refractivity contribution is 5.77. The third-order valence-corrected chi connectivity index (χ3v) is 3.34. The molecule has 0 unspecified atom stereocenters. The minimum Gasteiger partial charge on any atom is -0.286 e. The highest BCUT2D eigenvalue weighted by Gasteiger charge is 2.91. The van der Waals surface area contributed by atoms with Gasteiger partial charge in [-0.05, 0) is 12.1 Å². The maximum absolute atomic E-state index is 13.8. The van der Waals surface area contributed by atoms with Gasteiger partial charge >= 0.3 is 35.8 Å². The lowest BCUT2D eigenvalue weighted by Gasteiger charge is -2.39. The largest absolute Gasteiger partial charge is 0.460 e. The molecule has 156 valence electrons. The lowest BCUT2D eigenvalue weighted by molar-refractivity contribution is -0.442. The second kappa shape index (κ2) is 6.02. The summed E-state index contributed by atoms with van der Waals surface area (Å²) in [6.45, 7) is 0.461. The molecule has 0 spiro atoms. The number of rotatable bonds is 5. The average Bonchev–Trinajstić information content (AvgIpc) is 2.95. The van der Waals surface area contributed by atoms with Crippen molar-refractivity contribution in [3.8, 4) is 0 Å². The third-order valence-electron chi connectivity index (χ3n) is 3.34. The molecular formula is C12H6F13NO. The summed E-state index contributed by atoms with van der Waals surface area (Å²) in [5.41, 5.74) is -2.33. The molecule has 1 heterocycles. The molecule has 1 aromatic rings. The predicted molar refractivity (Wildman–Crippen MR) is 60.5 cm³/mol. The van der Waals surface area contributed by atoms with Gasteiger partial charge in [-0.25, -0.2) is 0 Å². The van der Waals surface area contributed by atoms with Crippen molar-refractivity contribution in [2.75, 3.05) is 0 Å². The Bertz CT molecular complexity index is 715. The number of alkyl halides is 13. The zero-order chi connectivity index (χ0) is 21.9. The highest BCUT2D eigenvalue weighted by Crippen LogP contribution is 2.62. The molecule has 27 heavy (non-hydrogen) atoms. The topological polar surface area (TPSA) is 22.0 Å². The molecule has 0 aromatic carbocycles.